The van der Waals surface area contributed by atoms with Crippen LogP contribution in [0.15, 0.2) is 108 Å². The van der Waals surface area contributed by atoms with Crippen molar-refractivity contribution in [3.05, 3.63) is 125 Å². The van der Waals surface area contributed by atoms with E-state index in [0.29, 0.717) is 16.4 Å². The van der Waals surface area contributed by atoms with E-state index in [0.717, 1.165) is 24.0 Å². The van der Waals surface area contributed by atoms with Crippen LogP contribution in [0.1, 0.15) is 42.6 Å². The van der Waals surface area contributed by atoms with Crippen molar-refractivity contribution in [1.82, 2.24) is 9.29 Å². The summed E-state index contributed by atoms with van der Waals surface area (Å²) in [6.07, 6.45) is 3.29. The topological polar surface area (TPSA) is 79.4 Å². The number of pyridine rings is 1. The van der Waals surface area contributed by atoms with E-state index < -0.39 is 21.5 Å². The molecule has 0 spiro atoms. The predicted octanol–water partition coefficient (Wildman–Crippen LogP) is 6.36. The van der Waals surface area contributed by atoms with Crippen LogP contribution in [0.3, 0.4) is 0 Å². The lowest BCUT2D eigenvalue weighted by Crippen LogP contribution is -2.33. The number of sulfonamides is 1. The Bertz CT molecular complexity index is 1510. The maximum absolute atomic E-state index is 13.7. The summed E-state index contributed by atoms with van der Waals surface area (Å²) in [6, 6.07) is 28.3. The summed E-state index contributed by atoms with van der Waals surface area (Å²) in [6.45, 7) is 1.95. The Labute approximate surface area is 228 Å². The molecule has 1 saturated carbocycles. The maximum Gasteiger partial charge on any atom is 0.243 e. The highest BCUT2D eigenvalue weighted by molar-refractivity contribution is 7.89. The Morgan fingerprint density at radius 3 is 2.21 bits per heavy atom. The number of aromatic nitrogens is 1. The van der Waals surface area contributed by atoms with Gasteiger partial charge < -0.3 is 5.32 Å². The van der Waals surface area contributed by atoms with E-state index in [-0.39, 0.29) is 17.3 Å². The molecule has 1 unspecified atom stereocenters. The average Bonchev–Trinajstić information content (AvgIpc) is 3.75. The first-order valence-corrected chi connectivity index (χ1v) is 14.3. The van der Waals surface area contributed by atoms with Crippen molar-refractivity contribution < 1.29 is 13.2 Å². The van der Waals surface area contributed by atoms with Gasteiger partial charge in [-0.05, 0) is 79.4 Å². The molecule has 1 aliphatic rings. The zero-order chi connectivity index (χ0) is 26.8. The van der Waals surface area contributed by atoms with E-state index in [2.05, 4.69) is 10.3 Å². The SMILES string of the molecule is CC(c1ccc(NC(=O)C2(c3ccccc3)CC2)cc1)N(Cc1ccccn1)S(=O)(=O)c1ccc(Cl)cc1. The summed E-state index contributed by atoms with van der Waals surface area (Å²) in [4.78, 5) is 17.6. The van der Waals surface area contributed by atoms with Crippen molar-refractivity contribution in [1.29, 1.82) is 0 Å². The van der Waals surface area contributed by atoms with E-state index in [1.54, 1.807) is 30.5 Å². The molecule has 0 saturated heterocycles. The van der Waals surface area contributed by atoms with Crippen LogP contribution in [0.5, 0.6) is 0 Å². The molecule has 3 aromatic carbocycles. The molecule has 8 heteroatoms. The van der Waals surface area contributed by atoms with E-state index >= 15 is 0 Å². The third-order valence-electron chi connectivity index (χ3n) is 7.06. The summed E-state index contributed by atoms with van der Waals surface area (Å²) < 4.78 is 28.9. The van der Waals surface area contributed by atoms with Gasteiger partial charge in [-0.3, -0.25) is 9.78 Å². The number of benzene rings is 3. The normalized spacial score (nSPS) is 15.1. The highest BCUT2D eigenvalue weighted by atomic mass is 35.5. The van der Waals surface area contributed by atoms with Crippen LogP contribution in [0, 0.1) is 0 Å². The summed E-state index contributed by atoms with van der Waals surface area (Å²) in [5.74, 6) is -0.0217. The van der Waals surface area contributed by atoms with Gasteiger partial charge in [0.1, 0.15) is 0 Å². The monoisotopic (exact) mass is 545 g/mol. The summed E-state index contributed by atoms with van der Waals surface area (Å²) in [5.41, 5.74) is 2.65. The molecule has 6 nitrogen and oxygen atoms in total. The van der Waals surface area contributed by atoms with Crippen LogP contribution in [0.25, 0.3) is 0 Å². The van der Waals surface area contributed by atoms with Crippen LogP contribution in [-0.4, -0.2) is 23.6 Å². The second kappa shape index (κ2) is 10.7. The van der Waals surface area contributed by atoms with Crippen molar-refractivity contribution in [2.45, 2.75) is 42.7 Å². The lowest BCUT2D eigenvalue weighted by molar-refractivity contribution is -0.118. The van der Waals surface area contributed by atoms with E-state index in [1.165, 1.54) is 16.4 Å². The van der Waals surface area contributed by atoms with E-state index in [1.807, 2.05) is 67.6 Å². The molecule has 0 aliphatic heterocycles. The molecule has 1 atom stereocenters. The highest BCUT2D eigenvalue weighted by Crippen LogP contribution is 2.49. The van der Waals surface area contributed by atoms with Gasteiger partial charge in [-0.25, -0.2) is 8.42 Å². The number of anilines is 1. The van der Waals surface area contributed by atoms with Crippen LogP contribution in [-0.2, 0) is 26.8 Å². The number of nitrogens with zero attached hydrogens (tertiary/aromatic N) is 2. The molecule has 1 aliphatic carbocycles. The van der Waals surface area contributed by atoms with Crippen molar-refractivity contribution in [3.63, 3.8) is 0 Å². The Morgan fingerprint density at radius 1 is 0.947 bits per heavy atom. The highest BCUT2D eigenvalue weighted by Gasteiger charge is 2.51. The maximum atomic E-state index is 13.7. The fourth-order valence-electron chi connectivity index (χ4n) is 4.61. The quantitative estimate of drug-likeness (QED) is 0.265. The number of halogens is 1. The first-order valence-electron chi connectivity index (χ1n) is 12.4. The Kier molecular flexibility index (Phi) is 7.34. The molecule has 1 fully saturated rings. The van der Waals surface area contributed by atoms with Gasteiger partial charge in [-0.15, -0.1) is 0 Å². The molecule has 0 bridgehead atoms. The smallest absolute Gasteiger partial charge is 0.243 e. The van der Waals surface area contributed by atoms with Crippen LogP contribution in [0.4, 0.5) is 5.69 Å². The number of hydrogen-bond donors (Lipinski definition) is 1. The minimum atomic E-state index is -3.87. The zero-order valence-electron chi connectivity index (χ0n) is 20.9. The van der Waals surface area contributed by atoms with Gasteiger partial charge in [0.05, 0.1) is 22.5 Å². The molecule has 1 aromatic heterocycles. The van der Waals surface area contributed by atoms with Gasteiger partial charge in [0.25, 0.3) is 0 Å². The number of carbonyl (C=O) groups is 1. The van der Waals surface area contributed by atoms with Gasteiger partial charge in [0.2, 0.25) is 15.9 Å². The molecular weight excluding hydrogens is 518 g/mol. The minimum absolute atomic E-state index is 0.0217. The second-order valence-electron chi connectivity index (χ2n) is 9.53. The van der Waals surface area contributed by atoms with E-state index in [9.17, 15) is 13.2 Å². The van der Waals surface area contributed by atoms with Gasteiger partial charge in [0.15, 0.2) is 0 Å². The van der Waals surface area contributed by atoms with Crippen molar-refractivity contribution in [2.24, 2.45) is 0 Å². The lowest BCUT2D eigenvalue weighted by Gasteiger charge is -2.29. The largest absolute Gasteiger partial charge is 0.325 e. The predicted molar refractivity (Wildman–Crippen MR) is 149 cm³/mol. The summed E-state index contributed by atoms with van der Waals surface area (Å²) >= 11 is 6.00. The fraction of sp³-hybridized carbons (Fsp3) is 0.200. The standard InChI is InChI=1S/C30H28ClN3O3S/c1-22(34(21-27-9-5-6-20-32-27)38(36,37)28-16-12-25(31)13-17-28)23-10-14-26(15-11-23)33-29(35)30(18-19-30)24-7-3-2-4-8-24/h2-17,20,22H,18-19,21H2,1H3,(H,33,35). The van der Waals surface area contributed by atoms with Crippen molar-refractivity contribution in [2.75, 3.05) is 5.32 Å². The Morgan fingerprint density at radius 2 is 1.61 bits per heavy atom. The third kappa shape index (κ3) is 5.36. The summed E-state index contributed by atoms with van der Waals surface area (Å²) in [5, 5.41) is 3.51. The second-order valence-corrected chi connectivity index (χ2v) is 11.9. The average molecular weight is 546 g/mol. The number of amides is 1. The van der Waals surface area contributed by atoms with Gasteiger partial charge in [-0.1, -0.05) is 60.1 Å². The zero-order valence-corrected chi connectivity index (χ0v) is 22.5. The van der Waals surface area contributed by atoms with Gasteiger partial charge in [0, 0.05) is 22.9 Å². The number of nitrogens with one attached hydrogen (secondary N) is 1. The van der Waals surface area contributed by atoms with Gasteiger partial charge >= 0.3 is 0 Å². The Balaban J connectivity index is 1.38. The van der Waals surface area contributed by atoms with Crippen LogP contribution in [0.2, 0.25) is 5.02 Å². The third-order valence-corrected chi connectivity index (χ3v) is 9.24. The molecule has 194 valence electrons. The number of hydrogen-bond acceptors (Lipinski definition) is 4. The van der Waals surface area contributed by atoms with Crippen molar-refractivity contribution in [3.8, 4) is 0 Å². The first-order chi connectivity index (χ1) is 18.3. The lowest BCUT2D eigenvalue weighted by atomic mass is 9.95. The van der Waals surface area contributed by atoms with Gasteiger partial charge in [-0.2, -0.15) is 4.31 Å². The van der Waals surface area contributed by atoms with E-state index in [4.69, 9.17) is 11.6 Å². The number of rotatable bonds is 9. The molecule has 0 radical (unpaired) electrons. The fourth-order valence-corrected chi connectivity index (χ4v) is 6.33. The molecule has 38 heavy (non-hydrogen) atoms. The summed E-state index contributed by atoms with van der Waals surface area (Å²) in [7, 11) is -3.87. The molecule has 5 rings (SSSR count). The first kappa shape index (κ1) is 26.1. The molecule has 1 heterocycles. The minimum Gasteiger partial charge on any atom is -0.325 e. The Hall–Kier alpha value is -3.52. The molecule has 1 amide bonds. The van der Waals surface area contributed by atoms with Crippen LogP contribution < -0.4 is 5.32 Å². The van der Waals surface area contributed by atoms with Crippen LogP contribution >= 0.6 is 11.6 Å². The molecular formula is C30H28ClN3O3S. The molecule has 4 aromatic rings. The number of carbonyl (C=O) groups excluding carboxylic acids is 1. The molecule has 1 N–H and O–H groups in total. The van der Waals surface area contributed by atoms with Crippen molar-refractivity contribution >= 4 is 33.2 Å².